The number of amides is 1. The SMILES string of the molecule is CC(CN1CCN(C(=O)c2cc(C#N)cc(C#N)c2)[C@H](Cc2c[nH]c3ccccc23)C1)=NOCCN1CCOCC1. The minimum atomic E-state index is -0.167. The summed E-state index contributed by atoms with van der Waals surface area (Å²) >= 11 is 0. The number of morpholine rings is 1. The number of carbonyl (C=O) groups is 1. The molecule has 212 valence electrons. The molecule has 2 saturated heterocycles. The zero-order valence-corrected chi connectivity index (χ0v) is 23.4. The maximum absolute atomic E-state index is 13.8. The first-order chi connectivity index (χ1) is 20.0. The van der Waals surface area contributed by atoms with Crippen LogP contribution in [0.2, 0.25) is 0 Å². The van der Waals surface area contributed by atoms with Crippen molar-refractivity contribution in [2.45, 2.75) is 19.4 Å². The Morgan fingerprint density at radius 3 is 2.59 bits per heavy atom. The first kappa shape index (κ1) is 28.3. The number of para-hydroxylation sites is 1. The third-order valence-corrected chi connectivity index (χ3v) is 7.67. The second-order valence-corrected chi connectivity index (χ2v) is 10.6. The van der Waals surface area contributed by atoms with Crippen molar-refractivity contribution in [3.8, 4) is 12.1 Å². The molecule has 1 amide bonds. The number of carbonyl (C=O) groups excluding carboxylic acids is 1. The normalized spacial score (nSPS) is 18.7. The number of aromatic amines is 1. The second kappa shape index (κ2) is 13.4. The van der Waals surface area contributed by atoms with Gasteiger partial charge in [0.25, 0.3) is 5.91 Å². The lowest BCUT2D eigenvalue weighted by Crippen LogP contribution is -2.56. The molecule has 0 bridgehead atoms. The molecule has 3 heterocycles. The van der Waals surface area contributed by atoms with E-state index in [2.05, 4.69) is 38.1 Å². The number of benzene rings is 2. The van der Waals surface area contributed by atoms with E-state index in [1.807, 2.05) is 36.2 Å². The predicted molar refractivity (Wildman–Crippen MR) is 155 cm³/mol. The van der Waals surface area contributed by atoms with Gasteiger partial charge in [-0.3, -0.25) is 14.6 Å². The molecule has 10 nitrogen and oxygen atoms in total. The van der Waals surface area contributed by atoms with E-state index in [9.17, 15) is 15.3 Å². The highest BCUT2D eigenvalue weighted by Crippen LogP contribution is 2.24. The monoisotopic (exact) mass is 553 g/mol. The molecule has 2 aliphatic rings. The summed E-state index contributed by atoms with van der Waals surface area (Å²) in [7, 11) is 0. The number of piperazine rings is 1. The predicted octanol–water partition coefficient (Wildman–Crippen LogP) is 3.01. The minimum absolute atomic E-state index is 0.109. The van der Waals surface area contributed by atoms with Gasteiger partial charge in [-0.2, -0.15) is 10.5 Å². The van der Waals surface area contributed by atoms with Gasteiger partial charge < -0.3 is 19.5 Å². The zero-order chi connectivity index (χ0) is 28.6. The van der Waals surface area contributed by atoms with Crippen molar-refractivity contribution >= 4 is 22.5 Å². The maximum atomic E-state index is 13.8. The van der Waals surface area contributed by atoms with Crippen molar-refractivity contribution in [2.75, 3.05) is 65.6 Å². The Labute approximate surface area is 240 Å². The Kier molecular flexibility index (Phi) is 9.27. The largest absolute Gasteiger partial charge is 0.394 e. The van der Waals surface area contributed by atoms with E-state index >= 15 is 0 Å². The Balaban J connectivity index is 1.29. The second-order valence-electron chi connectivity index (χ2n) is 10.6. The average Bonchev–Trinajstić information content (AvgIpc) is 3.42. The van der Waals surface area contributed by atoms with Crippen molar-refractivity contribution in [2.24, 2.45) is 5.16 Å². The van der Waals surface area contributed by atoms with E-state index in [0.717, 1.165) is 55.0 Å². The number of hydrogen-bond acceptors (Lipinski definition) is 8. The molecule has 2 aliphatic heterocycles. The third-order valence-electron chi connectivity index (χ3n) is 7.67. The van der Waals surface area contributed by atoms with Crippen molar-refractivity contribution in [3.05, 3.63) is 70.9 Å². The summed E-state index contributed by atoms with van der Waals surface area (Å²) in [5.41, 5.74) is 4.07. The van der Waals surface area contributed by atoms with Crippen molar-refractivity contribution in [1.29, 1.82) is 10.5 Å². The number of hydrogen-bond donors (Lipinski definition) is 1. The third kappa shape index (κ3) is 7.11. The number of nitrogens with one attached hydrogen (secondary N) is 1. The number of rotatable bonds is 9. The fourth-order valence-electron chi connectivity index (χ4n) is 5.61. The summed E-state index contributed by atoms with van der Waals surface area (Å²) in [6.45, 7) is 9.22. The van der Waals surface area contributed by atoms with Gasteiger partial charge in [0.1, 0.15) is 6.61 Å². The van der Waals surface area contributed by atoms with Gasteiger partial charge >= 0.3 is 0 Å². The number of aromatic nitrogens is 1. The molecular weight excluding hydrogens is 518 g/mol. The van der Waals surface area contributed by atoms with Crippen LogP contribution in [0.4, 0.5) is 0 Å². The van der Waals surface area contributed by atoms with E-state index in [4.69, 9.17) is 9.57 Å². The molecule has 0 saturated carbocycles. The molecule has 0 spiro atoms. The first-order valence-electron chi connectivity index (χ1n) is 14.0. The van der Waals surface area contributed by atoms with Gasteiger partial charge in [0.05, 0.1) is 42.2 Å². The van der Waals surface area contributed by atoms with Gasteiger partial charge in [-0.1, -0.05) is 23.4 Å². The van der Waals surface area contributed by atoms with Crippen LogP contribution in [0.3, 0.4) is 0 Å². The molecule has 0 radical (unpaired) electrons. The number of oxime groups is 1. The Hall–Kier alpha value is -4.22. The van der Waals surface area contributed by atoms with Crippen LogP contribution in [0.5, 0.6) is 0 Å². The number of fused-ring (bicyclic) bond motifs is 1. The van der Waals surface area contributed by atoms with Crippen LogP contribution >= 0.6 is 0 Å². The lowest BCUT2D eigenvalue weighted by atomic mass is 9.99. The molecule has 2 fully saturated rings. The maximum Gasteiger partial charge on any atom is 0.254 e. The highest BCUT2D eigenvalue weighted by molar-refractivity contribution is 5.95. The molecular formula is C31H35N7O3. The molecule has 2 aromatic carbocycles. The Bertz CT molecular complexity index is 1450. The highest BCUT2D eigenvalue weighted by atomic mass is 16.6. The molecule has 1 aromatic heterocycles. The summed E-state index contributed by atoms with van der Waals surface area (Å²) in [5.74, 6) is -0.167. The lowest BCUT2D eigenvalue weighted by molar-refractivity contribution is 0.0209. The number of ether oxygens (including phenoxy) is 1. The van der Waals surface area contributed by atoms with Crippen LogP contribution in [0, 0.1) is 22.7 Å². The Morgan fingerprint density at radius 2 is 1.83 bits per heavy atom. The van der Waals surface area contributed by atoms with E-state index in [0.29, 0.717) is 55.9 Å². The van der Waals surface area contributed by atoms with Crippen molar-refractivity contribution in [1.82, 2.24) is 19.7 Å². The summed E-state index contributed by atoms with van der Waals surface area (Å²) in [6, 6.07) is 16.8. The highest BCUT2D eigenvalue weighted by Gasteiger charge is 2.32. The van der Waals surface area contributed by atoms with Crippen LogP contribution in [-0.2, 0) is 16.0 Å². The quantitative estimate of drug-likeness (QED) is 0.246. The molecule has 1 atom stereocenters. The first-order valence-corrected chi connectivity index (χ1v) is 14.0. The van der Waals surface area contributed by atoms with Crippen LogP contribution in [0.15, 0.2) is 53.8 Å². The topological polar surface area (TPSA) is 121 Å². The number of nitrogens with zero attached hydrogens (tertiary/aromatic N) is 6. The van der Waals surface area contributed by atoms with Crippen molar-refractivity contribution in [3.63, 3.8) is 0 Å². The Morgan fingerprint density at radius 1 is 1.07 bits per heavy atom. The van der Waals surface area contributed by atoms with Gasteiger partial charge in [-0.15, -0.1) is 0 Å². The van der Waals surface area contributed by atoms with E-state index in [-0.39, 0.29) is 11.9 Å². The summed E-state index contributed by atoms with van der Waals surface area (Å²) in [4.78, 5) is 29.3. The van der Waals surface area contributed by atoms with Crippen LogP contribution in [0.1, 0.15) is 34.0 Å². The summed E-state index contributed by atoms with van der Waals surface area (Å²) in [5, 5.41) is 24.4. The van der Waals surface area contributed by atoms with E-state index in [1.54, 1.807) is 12.1 Å². The van der Waals surface area contributed by atoms with E-state index in [1.165, 1.54) is 6.07 Å². The molecule has 0 aliphatic carbocycles. The van der Waals surface area contributed by atoms with Gasteiger partial charge in [0.15, 0.2) is 0 Å². The van der Waals surface area contributed by atoms with Crippen LogP contribution in [0.25, 0.3) is 10.9 Å². The molecule has 1 N–H and O–H groups in total. The summed E-state index contributed by atoms with van der Waals surface area (Å²) < 4.78 is 5.39. The minimum Gasteiger partial charge on any atom is -0.394 e. The number of H-pyrrole nitrogens is 1. The van der Waals surface area contributed by atoms with Gasteiger partial charge in [-0.25, -0.2) is 0 Å². The smallest absolute Gasteiger partial charge is 0.254 e. The molecule has 10 heteroatoms. The average molecular weight is 554 g/mol. The molecule has 3 aromatic rings. The zero-order valence-electron chi connectivity index (χ0n) is 23.4. The fourth-order valence-corrected chi connectivity index (χ4v) is 5.61. The van der Waals surface area contributed by atoms with Crippen LogP contribution < -0.4 is 0 Å². The summed E-state index contributed by atoms with van der Waals surface area (Å²) in [6.07, 6.45) is 2.69. The van der Waals surface area contributed by atoms with Crippen LogP contribution in [-0.4, -0.2) is 103 Å². The fraction of sp³-hybridized carbons (Fsp3) is 0.419. The van der Waals surface area contributed by atoms with E-state index < -0.39 is 0 Å². The molecule has 41 heavy (non-hydrogen) atoms. The van der Waals surface area contributed by atoms with Gasteiger partial charge in [0, 0.05) is 74.5 Å². The lowest BCUT2D eigenvalue weighted by Gasteiger charge is -2.41. The molecule has 0 unspecified atom stereocenters. The molecule has 5 rings (SSSR count). The number of nitriles is 2. The van der Waals surface area contributed by atoms with Gasteiger partial charge in [-0.05, 0) is 43.2 Å². The van der Waals surface area contributed by atoms with Crippen molar-refractivity contribution < 1.29 is 14.4 Å². The van der Waals surface area contributed by atoms with Gasteiger partial charge in [0.2, 0.25) is 0 Å². The standard InChI is InChI=1S/C31H35N7O3/c1-23(35-41-13-10-36-8-11-40-12-9-36)21-37-6-7-38(31(39)26-15-24(18-32)14-25(16-26)19-33)28(22-37)17-27-20-34-30-5-3-2-4-29(27)30/h2-5,14-16,20,28,34H,6-13,17,21-22H2,1H3/t28-/m1/s1.